The number of carbonyl (C=O) groups is 4. The Morgan fingerprint density at radius 2 is 1.84 bits per heavy atom. The normalized spacial score (nSPS) is 18.9. The number of unbranched alkanes of at least 4 members (excludes halogenated alkanes) is 1. The van der Waals surface area contributed by atoms with Crippen LogP contribution < -0.4 is 5.32 Å². The van der Waals surface area contributed by atoms with Crippen LogP contribution in [0.2, 0.25) is 0 Å². The standard InChI is InChI=1S/C21H27N3O6S/c25-12-17(22-21(29)30)20(28)23-10-5-6-14(23)13-31-11-4-3-9-24-18(26)15-7-1-2-8-16(15)19(24)27/h1-2,7-8,14,17,22,25H,3-6,9-13H2,(H,29,30). The van der Waals surface area contributed by atoms with Gasteiger partial charge in [0.25, 0.3) is 11.8 Å². The van der Waals surface area contributed by atoms with Gasteiger partial charge < -0.3 is 20.4 Å². The summed E-state index contributed by atoms with van der Waals surface area (Å²) in [5.74, 6) is 0.699. The summed E-state index contributed by atoms with van der Waals surface area (Å²) in [4.78, 5) is 51.0. The van der Waals surface area contributed by atoms with Gasteiger partial charge in [-0.15, -0.1) is 0 Å². The smallest absolute Gasteiger partial charge is 0.405 e. The quantitative estimate of drug-likeness (QED) is 0.364. The monoisotopic (exact) mass is 449 g/mol. The minimum Gasteiger partial charge on any atom is -0.465 e. The van der Waals surface area contributed by atoms with Crippen molar-refractivity contribution in [3.8, 4) is 0 Å². The van der Waals surface area contributed by atoms with Gasteiger partial charge in [0, 0.05) is 24.9 Å². The first-order valence-electron chi connectivity index (χ1n) is 10.4. The molecule has 3 rings (SSSR count). The molecule has 10 heteroatoms. The number of likely N-dealkylation sites (tertiary alicyclic amines) is 1. The third-order valence-electron chi connectivity index (χ3n) is 5.55. The van der Waals surface area contributed by atoms with Crippen LogP contribution in [-0.2, 0) is 4.79 Å². The molecule has 2 unspecified atom stereocenters. The molecule has 0 aliphatic carbocycles. The number of fused-ring (bicyclic) bond motifs is 1. The molecular formula is C21H27N3O6S. The highest BCUT2D eigenvalue weighted by molar-refractivity contribution is 7.99. The summed E-state index contributed by atoms with van der Waals surface area (Å²) < 4.78 is 0. The Labute approximate surface area is 184 Å². The number of hydrogen-bond acceptors (Lipinski definition) is 6. The molecule has 0 saturated carbocycles. The number of imide groups is 1. The van der Waals surface area contributed by atoms with E-state index in [1.807, 2.05) is 0 Å². The molecule has 31 heavy (non-hydrogen) atoms. The predicted octanol–water partition coefficient (Wildman–Crippen LogP) is 1.42. The lowest BCUT2D eigenvalue weighted by atomic mass is 10.1. The van der Waals surface area contributed by atoms with E-state index in [-0.39, 0.29) is 17.9 Å². The Morgan fingerprint density at radius 1 is 1.16 bits per heavy atom. The van der Waals surface area contributed by atoms with Gasteiger partial charge in [-0.25, -0.2) is 4.79 Å². The second-order valence-electron chi connectivity index (χ2n) is 7.60. The van der Waals surface area contributed by atoms with E-state index in [0.717, 1.165) is 30.8 Å². The molecule has 9 nitrogen and oxygen atoms in total. The third-order valence-corrected chi connectivity index (χ3v) is 6.75. The fraction of sp³-hybridized carbons (Fsp3) is 0.524. The highest BCUT2D eigenvalue weighted by atomic mass is 32.2. The van der Waals surface area contributed by atoms with Crippen molar-refractivity contribution in [3.05, 3.63) is 35.4 Å². The van der Waals surface area contributed by atoms with Gasteiger partial charge in [-0.2, -0.15) is 11.8 Å². The highest BCUT2D eigenvalue weighted by Gasteiger charge is 2.35. The summed E-state index contributed by atoms with van der Waals surface area (Å²) in [7, 11) is 0. The van der Waals surface area contributed by atoms with E-state index < -0.39 is 24.6 Å². The van der Waals surface area contributed by atoms with Crippen LogP contribution in [0.3, 0.4) is 0 Å². The van der Waals surface area contributed by atoms with E-state index in [2.05, 4.69) is 5.32 Å². The molecule has 4 amide bonds. The number of hydrogen-bond donors (Lipinski definition) is 3. The maximum Gasteiger partial charge on any atom is 0.405 e. The van der Waals surface area contributed by atoms with Crippen molar-refractivity contribution in [2.75, 3.05) is 31.2 Å². The van der Waals surface area contributed by atoms with Gasteiger partial charge in [0.2, 0.25) is 5.91 Å². The number of aliphatic hydroxyl groups is 1. The van der Waals surface area contributed by atoms with Gasteiger partial charge in [0.15, 0.2) is 0 Å². The van der Waals surface area contributed by atoms with Crippen molar-refractivity contribution < 1.29 is 29.4 Å². The molecule has 168 valence electrons. The molecular weight excluding hydrogens is 422 g/mol. The van der Waals surface area contributed by atoms with Crippen molar-refractivity contribution in [1.82, 2.24) is 15.1 Å². The maximum atomic E-state index is 12.5. The maximum absolute atomic E-state index is 12.5. The fourth-order valence-electron chi connectivity index (χ4n) is 3.97. The second-order valence-corrected chi connectivity index (χ2v) is 8.75. The number of aliphatic hydroxyl groups excluding tert-OH is 1. The van der Waals surface area contributed by atoms with Crippen molar-refractivity contribution in [2.24, 2.45) is 0 Å². The van der Waals surface area contributed by atoms with Crippen molar-refractivity contribution >= 4 is 35.6 Å². The van der Waals surface area contributed by atoms with E-state index in [1.54, 1.807) is 40.9 Å². The minimum absolute atomic E-state index is 0.0124. The lowest BCUT2D eigenvalue weighted by molar-refractivity contribution is -0.134. The Kier molecular flexibility index (Phi) is 7.91. The van der Waals surface area contributed by atoms with Gasteiger partial charge in [0.1, 0.15) is 6.04 Å². The molecule has 1 saturated heterocycles. The minimum atomic E-state index is -1.34. The molecule has 2 heterocycles. The lowest BCUT2D eigenvalue weighted by Gasteiger charge is -2.28. The van der Waals surface area contributed by atoms with Gasteiger partial charge in [-0.1, -0.05) is 12.1 Å². The van der Waals surface area contributed by atoms with Crippen LogP contribution in [0.25, 0.3) is 0 Å². The highest BCUT2D eigenvalue weighted by Crippen LogP contribution is 2.24. The average molecular weight is 450 g/mol. The van der Waals surface area contributed by atoms with Crippen molar-refractivity contribution in [3.63, 3.8) is 0 Å². The van der Waals surface area contributed by atoms with Crippen molar-refractivity contribution in [1.29, 1.82) is 0 Å². The first-order chi connectivity index (χ1) is 14.9. The summed E-state index contributed by atoms with van der Waals surface area (Å²) in [5, 5.41) is 20.2. The number of carbonyl (C=O) groups excluding carboxylic acids is 3. The van der Waals surface area contributed by atoms with Gasteiger partial charge in [-0.05, 0) is 43.6 Å². The molecule has 1 aromatic carbocycles. The summed E-state index contributed by atoms with van der Waals surface area (Å²) in [6.45, 7) is 0.376. The average Bonchev–Trinajstić information content (AvgIpc) is 3.32. The van der Waals surface area contributed by atoms with Crippen LogP contribution in [0.1, 0.15) is 46.4 Å². The Hall–Kier alpha value is -2.59. The summed E-state index contributed by atoms with van der Waals surface area (Å²) in [5.41, 5.74) is 0.929. The number of nitrogens with one attached hydrogen (secondary N) is 1. The number of amides is 4. The molecule has 0 bridgehead atoms. The number of carboxylic acid groups (broad SMARTS) is 1. The van der Waals surface area contributed by atoms with E-state index in [4.69, 9.17) is 5.11 Å². The zero-order valence-electron chi connectivity index (χ0n) is 17.2. The van der Waals surface area contributed by atoms with Gasteiger partial charge in [-0.3, -0.25) is 19.3 Å². The summed E-state index contributed by atoms with van der Waals surface area (Å²) >= 11 is 1.69. The van der Waals surface area contributed by atoms with Crippen LogP contribution in [0, 0.1) is 0 Å². The van der Waals surface area contributed by atoms with Crippen LogP contribution in [0.5, 0.6) is 0 Å². The Balaban J connectivity index is 1.38. The molecule has 2 atom stereocenters. The Bertz CT molecular complexity index is 813. The van der Waals surface area contributed by atoms with Gasteiger partial charge in [0.05, 0.1) is 17.7 Å². The molecule has 1 aromatic rings. The van der Waals surface area contributed by atoms with E-state index in [1.165, 1.54) is 4.90 Å². The zero-order chi connectivity index (χ0) is 22.4. The van der Waals surface area contributed by atoms with E-state index >= 15 is 0 Å². The van der Waals surface area contributed by atoms with Gasteiger partial charge >= 0.3 is 6.09 Å². The fourth-order valence-corrected chi connectivity index (χ4v) is 5.16. The predicted molar refractivity (Wildman–Crippen MR) is 115 cm³/mol. The third kappa shape index (κ3) is 5.37. The first kappa shape index (κ1) is 23.1. The number of rotatable bonds is 10. The summed E-state index contributed by atoms with van der Waals surface area (Å²) in [6.07, 6.45) is 1.90. The first-order valence-corrected chi connectivity index (χ1v) is 11.5. The second kappa shape index (κ2) is 10.6. The zero-order valence-corrected chi connectivity index (χ0v) is 18.0. The molecule has 0 spiro atoms. The number of benzene rings is 1. The number of nitrogens with zero attached hydrogens (tertiary/aromatic N) is 2. The van der Waals surface area contributed by atoms with E-state index in [9.17, 15) is 24.3 Å². The Morgan fingerprint density at radius 3 is 2.45 bits per heavy atom. The number of thioether (sulfide) groups is 1. The van der Waals surface area contributed by atoms with Crippen LogP contribution in [-0.4, -0.2) is 87.1 Å². The largest absolute Gasteiger partial charge is 0.465 e. The molecule has 3 N–H and O–H groups in total. The summed E-state index contributed by atoms with van der Waals surface area (Å²) in [6, 6.07) is 5.73. The lowest BCUT2D eigenvalue weighted by Crippen LogP contribution is -2.52. The molecule has 2 aliphatic heterocycles. The van der Waals surface area contributed by atoms with Crippen LogP contribution in [0.4, 0.5) is 4.79 Å². The van der Waals surface area contributed by atoms with E-state index in [0.29, 0.717) is 30.6 Å². The SMILES string of the molecule is O=C(O)NC(CO)C(=O)N1CCCC1CSCCCCN1C(=O)c2ccccc2C1=O. The molecule has 0 radical (unpaired) electrons. The topological polar surface area (TPSA) is 127 Å². The van der Waals surface area contributed by atoms with Crippen LogP contribution >= 0.6 is 11.8 Å². The molecule has 1 fully saturated rings. The van der Waals surface area contributed by atoms with Crippen LogP contribution in [0.15, 0.2) is 24.3 Å². The van der Waals surface area contributed by atoms with Crippen molar-refractivity contribution in [2.45, 2.75) is 37.8 Å². The molecule has 0 aromatic heterocycles. The molecule has 2 aliphatic rings.